The first-order valence-corrected chi connectivity index (χ1v) is 44.7. The summed E-state index contributed by atoms with van der Waals surface area (Å²) in [4.78, 5) is 36.2. The summed E-state index contributed by atoms with van der Waals surface area (Å²) in [6.07, 6.45) is 21.6. The lowest BCUT2D eigenvalue weighted by molar-refractivity contribution is -0.212. The van der Waals surface area contributed by atoms with Crippen molar-refractivity contribution < 1.29 is 66.5 Å². The van der Waals surface area contributed by atoms with E-state index in [1.54, 1.807) is 0 Å². The van der Waals surface area contributed by atoms with Crippen LogP contribution < -0.4 is 28.4 Å². The first kappa shape index (κ1) is 97.3. The van der Waals surface area contributed by atoms with E-state index in [0.29, 0.717) is 66.3 Å². The molecule has 644 valence electrons. The fourth-order valence-electron chi connectivity index (χ4n) is 15.9. The van der Waals surface area contributed by atoms with Crippen LogP contribution in [0.4, 0.5) is 0 Å². The third kappa shape index (κ3) is 32.6. The lowest BCUT2D eigenvalue weighted by Gasteiger charge is -2.60. The fraction of sp³-hybridized carbons (Fsp3) is 0.618. The number of unbranched alkanes of at least 4 members (excludes halogenated alkanes) is 1. The molecule has 14 heteroatoms. The summed E-state index contributed by atoms with van der Waals surface area (Å²) in [6, 6.07) is 49.1. The summed E-state index contributed by atoms with van der Waals surface area (Å²) in [5.74, 6) is 10.3. The number of carbonyl (C=O) groups excluding carboxylic acids is 3. The first-order chi connectivity index (χ1) is 55.3. The molecule has 0 N–H and O–H groups in total. The highest BCUT2D eigenvalue weighted by molar-refractivity contribution is 5.72. The van der Waals surface area contributed by atoms with Gasteiger partial charge in [0.05, 0.1) is 13.2 Å². The van der Waals surface area contributed by atoms with E-state index < -0.39 is 5.60 Å². The third-order valence-corrected chi connectivity index (χ3v) is 24.8. The summed E-state index contributed by atoms with van der Waals surface area (Å²) >= 11 is 0. The maximum Gasteiger partial charge on any atom is 0.344 e. The van der Waals surface area contributed by atoms with Gasteiger partial charge in [0.1, 0.15) is 56.9 Å². The predicted octanol–water partition coefficient (Wildman–Crippen LogP) is 26.9. The minimum Gasteiger partial charge on any atom is -0.488 e. The van der Waals surface area contributed by atoms with Crippen molar-refractivity contribution in [1.29, 1.82) is 0 Å². The van der Waals surface area contributed by atoms with Crippen molar-refractivity contribution >= 4 is 17.9 Å². The van der Waals surface area contributed by atoms with Crippen LogP contribution in [-0.4, -0.2) is 85.9 Å². The van der Waals surface area contributed by atoms with E-state index in [0.717, 1.165) is 130 Å². The lowest BCUT2D eigenvalue weighted by Crippen LogP contribution is -2.59. The summed E-state index contributed by atoms with van der Waals surface area (Å²) in [6.45, 7) is 47.8. The second-order valence-electron chi connectivity index (χ2n) is 35.1. The Bertz CT molecular complexity index is 3610. The molecule has 0 aromatic heterocycles. The maximum atomic E-state index is 12.6. The molecule has 6 aromatic rings. The Hall–Kier alpha value is -7.55. The molecule has 5 aliphatic rings. The van der Waals surface area contributed by atoms with Gasteiger partial charge in [0.25, 0.3) is 0 Å². The Morgan fingerprint density at radius 3 is 0.948 bits per heavy atom. The van der Waals surface area contributed by atoms with Crippen molar-refractivity contribution in [3.63, 3.8) is 0 Å². The van der Waals surface area contributed by atoms with Crippen LogP contribution in [0.3, 0.4) is 0 Å². The molecule has 11 rings (SSSR count). The second kappa shape index (κ2) is 49.1. The second-order valence-corrected chi connectivity index (χ2v) is 35.1. The Morgan fingerprint density at radius 2 is 0.664 bits per heavy atom. The molecule has 0 radical (unpaired) electrons. The molecule has 5 aliphatic carbocycles. The van der Waals surface area contributed by atoms with Gasteiger partial charge in [0.2, 0.25) is 0 Å². The van der Waals surface area contributed by atoms with E-state index in [1.165, 1.54) is 71.9 Å². The monoisotopic (exact) mass is 1600 g/mol. The van der Waals surface area contributed by atoms with Crippen LogP contribution in [0, 0.1) is 23.7 Å². The van der Waals surface area contributed by atoms with Crippen LogP contribution in [-0.2, 0) is 38.1 Å². The van der Waals surface area contributed by atoms with Crippen molar-refractivity contribution in [2.45, 2.75) is 351 Å². The van der Waals surface area contributed by atoms with Gasteiger partial charge in [-0.3, -0.25) is 0 Å². The van der Waals surface area contributed by atoms with Crippen LogP contribution >= 0.6 is 0 Å². The standard InChI is InChI=1S/C28H42O4.C24H34O3.C19H28O3.C16H24O3.C15H24O/c1-7-21(3)25-11-15-27(16-12-25)31-23(5)29-19-9-10-20-30-24(6)32-28-17-13-26(14-18-28)22(4)8-2;1-4-16(3)19-6-8-22(9-7-19)26-15-23(25)27-24(5-2)20-11-17-10-18(13-20)14-21(24)12-17;1-4-15(3)16-8-10-17(11-9-16)21-14-18(20)22-19(5-2)12-6-7-13-19;1-6-12(2)13-7-9-14(10-8-13)18-11-15(17)19-16(3,4)5;1-6-12(3)13-8-10-14(11-9-13)16-15(4,5)7-2/h11-18,21-24H,7-10,19-20H2,1-6H3;6-9,16-18,20-21H,4-5,10-15H2,1-3H3;8-11,15H,4-7,12-14H2,1-3H3;7-10,12H,6,11H2,1-5H3;8-12H,6-7H2,1-5H3. The van der Waals surface area contributed by atoms with Crippen molar-refractivity contribution in [3.8, 4) is 34.5 Å². The van der Waals surface area contributed by atoms with Crippen LogP contribution in [0.2, 0.25) is 0 Å². The number of esters is 3. The average molecular weight is 1600 g/mol. The van der Waals surface area contributed by atoms with Crippen LogP contribution in [0.1, 0.15) is 350 Å². The van der Waals surface area contributed by atoms with Crippen LogP contribution in [0.25, 0.3) is 0 Å². The van der Waals surface area contributed by atoms with E-state index in [9.17, 15) is 14.4 Å². The molecule has 6 aromatic carbocycles. The highest BCUT2D eigenvalue weighted by Gasteiger charge is 2.58. The van der Waals surface area contributed by atoms with Gasteiger partial charge in [-0.05, 0) is 342 Å². The zero-order chi connectivity index (χ0) is 85.0. The van der Waals surface area contributed by atoms with Crippen LogP contribution in [0.15, 0.2) is 146 Å². The highest BCUT2D eigenvalue weighted by Crippen LogP contribution is 2.61. The third-order valence-electron chi connectivity index (χ3n) is 24.8. The topological polar surface area (TPSA) is 153 Å². The van der Waals surface area contributed by atoms with Gasteiger partial charge in [0, 0.05) is 0 Å². The van der Waals surface area contributed by atoms with Crippen molar-refractivity contribution in [1.82, 2.24) is 0 Å². The molecule has 116 heavy (non-hydrogen) atoms. The van der Waals surface area contributed by atoms with E-state index >= 15 is 0 Å². The van der Waals surface area contributed by atoms with E-state index in [1.807, 2.05) is 107 Å². The molecule has 0 amide bonds. The molecular weight excluding hydrogens is 1450 g/mol. The van der Waals surface area contributed by atoms with Gasteiger partial charge in [-0.1, -0.05) is 177 Å². The Balaban J connectivity index is 0.000000230. The summed E-state index contributed by atoms with van der Waals surface area (Å²) in [7, 11) is 0. The van der Waals surface area contributed by atoms with Gasteiger partial charge >= 0.3 is 17.9 Å². The van der Waals surface area contributed by atoms with E-state index in [4.69, 9.17) is 52.1 Å². The maximum absolute atomic E-state index is 12.6. The number of hydrogen-bond donors (Lipinski definition) is 0. The molecule has 8 atom stereocenters. The molecule has 0 heterocycles. The molecule has 8 unspecified atom stereocenters. The van der Waals surface area contributed by atoms with Crippen molar-refractivity contribution in [3.05, 3.63) is 179 Å². The Labute approximate surface area is 702 Å². The molecular formula is C102H152O14. The minimum atomic E-state index is -0.471. The van der Waals surface area contributed by atoms with Gasteiger partial charge in [-0.15, -0.1) is 0 Å². The zero-order valence-electron chi connectivity index (χ0n) is 75.7. The summed E-state index contributed by atoms with van der Waals surface area (Å²) in [5.41, 5.74) is 6.97. The zero-order valence-corrected chi connectivity index (χ0v) is 75.7. The minimum absolute atomic E-state index is 0.00950. The molecule has 0 saturated heterocycles. The normalized spacial score (nSPS) is 19.7. The number of ether oxygens (including phenoxy) is 11. The fourth-order valence-corrected chi connectivity index (χ4v) is 15.9. The van der Waals surface area contributed by atoms with Gasteiger partial charge in [-0.2, -0.15) is 0 Å². The number of benzene rings is 6. The molecule has 5 saturated carbocycles. The average Bonchev–Trinajstić information content (AvgIpc) is 0.848. The predicted molar refractivity (Wildman–Crippen MR) is 473 cm³/mol. The molecule has 14 nitrogen and oxygen atoms in total. The first-order valence-electron chi connectivity index (χ1n) is 44.7. The van der Waals surface area contributed by atoms with Gasteiger partial charge in [-0.25, -0.2) is 14.4 Å². The van der Waals surface area contributed by atoms with Gasteiger partial charge < -0.3 is 52.1 Å². The van der Waals surface area contributed by atoms with Gasteiger partial charge in [0.15, 0.2) is 32.4 Å². The quantitative estimate of drug-likeness (QED) is 0.0156. The van der Waals surface area contributed by atoms with E-state index in [2.05, 4.69) is 190 Å². The molecule has 4 bridgehead atoms. The molecule has 0 aliphatic heterocycles. The van der Waals surface area contributed by atoms with Crippen molar-refractivity contribution in [2.24, 2.45) is 23.7 Å². The summed E-state index contributed by atoms with van der Waals surface area (Å²) < 4.78 is 63.0. The summed E-state index contributed by atoms with van der Waals surface area (Å²) in [5, 5.41) is 0. The number of hydrogen-bond acceptors (Lipinski definition) is 14. The highest BCUT2D eigenvalue weighted by atomic mass is 16.7. The van der Waals surface area contributed by atoms with Crippen molar-refractivity contribution in [2.75, 3.05) is 33.0 Å². The lowest BCUT2D eigenvalue weighted by atomic mass is 9.49. The smallest absolute Gasteiger partial charge is 0.344 e. The Kier molecular flexibility index (Phi) is 41.2. The number of rotatable bonds is 39. The molecule has 0 spiro atoms. The largest absolute Gasteiger partial charge is 0.488 e. The number of carbonyl (C=O) groups is 3. The SMILES string of the molecule is CCC(C)c1ccc(OC(C)(C)CC)cc1.CCC(C)c1ccc(OC(C)OCCCCOC(C)Oc2ccc(C(C)CC)cc2)cc1.CCC(C)c1ccc(OCC(=O)OC(C)(C)C)cc1.CCC(C)c1ccc(OCC(=O)OC2(CC)C3CC4CC(C3)CC2C4)cc1.CCC(C)c1ccc(OCC(=O)OC2(CC)CCCC2)cc1. The van der Waals surface area contributed by atoms with E-state index in [-0.39, 0.29) is 67.1 Å². The molecule has 5 fully saturated rings. The van der Waals surface area contributed by atoms with Crippen LogP contribution in [0.5, 0.6) is 34.5 Å². The Morgan fingerprint density at radius 1 is 0.371 bits per heavy atom.